The second-order valence-electron chi connectivity index (χ2n) is 6.42. The smallest absolute Gasteiger partial charge is 0.224 e. The van der Waals surface area contributed by atoms with Crippen molar-refractivity contribution >= 4 is 29.1 Å². The molecule has 6 nitrogen and oxygen atoms in total. The molecule has 3 aromatic rings. The molecule has 0 aliphatic heterocycles. The molecule has 0 atom stereocenters. The number of anilines is 1. The van der Waals surface area contributed by atoms with Gasteiger partial charge in [-0.3, -0.25) is 9.59 Å². The number of aryl methyl sites for hydroxylation is 1. The van der Waals surface area contributed by atoms with Crippen molar-refractivity contribution in [3.05, 3.63) is 59.7 Å². The number of hydrogen-bond donors (Lipinski definition) is 1. The van der Waals surface area contributed by atoms with E-state index in [4.69, 9.17) is 0 Å². The van der Waals surface area contributed by atoms with Crippen LogP contribution in [0.5, 0.6) is 0 Å². The lowest BCUT2D eigenvalue weighted by molar-refractivity contribution is -0.115. The molecule has 7 heteroatoms. The number of rotatable bonds is 7. The van der Waals surface area contributed by atoms with Crippen molar-refractivity contribution in [2.75, 3.05) is 11.1 Å². The van der Waals surface area contributed by atoms with E-state index in [0.29, 0.717) is 22.8 Å². The summed E-state index contributed by atoms with van der Waals surface area (Å²) in [7, 11) is 1.90. The third-order valence-electron chi connectivity index (χ3n) is 4.29. The molecule has 0 bridgehead atoms. The molecule has 0 aliphatic carbocycles. The molecular formula is C21H22N4O2S. The highest BCUT2D eigenvalue weighted by Gasteiger charge is 2.14. The van der Waals surface area contributed by atoms with Gasteiger partial charge < -0.3 is 9.88 Å². The summed E-state index contributed by atoms with van der Waals surface area (Å²) in [6, 6.07) is 15.0. The summed E-state index contributed by atoms with van der Waals surface area (Å²) in [6.45, 7) is 3.83. The van der Waals surface area contributed by atoms with Crippen LogP contribution >= 0.6 is 11.8 Å². The van der Waals surface area contributed by atoms with Gasteiger partial charge in [-0.15, -0.1) is 10.2 Å². The van der Waals surface area contributed by atoms with Crippen molar-refractivity contribution in [3.63, 3.8) is 0 Å². The summed E-state index contributed by atoms with van der Waals surface area (Å²) in [5.41, 5.74) is 3.46. The quantitative estimate of drug-likeness (QED) is 0.482. The number of amides is 1. The lowest BCUT2D eigenvalue weighted by Gasteiger charge is -2.06. The number of Topliss-reactive ketones (excluding diaryl/α,β-unsaturated/α-hetero) is 1. The van der Waals surface area contributed by atoms with Gasteiger partial charge in [0, 0.05) is 30.3 Å². The number of carbonyl (C=O) groups is 2. The molecule has 1 N–H and O–H groups in total. The first-order chi connectivity index (χ1) is 13.5. The number of carbonyl (C=O) groups excluding carboxylic acids is 2. The first-order valence-electron chi connectivity index (χ1n) is 9.00. The Labute approximate surface area is 168 Å². The van der Waals surface area contributed by atoms with Crippen LogP contribution in [-0.2, 0) is 11.8 Å². The van der Waals surface area contributed by atoms with E-state index in [9.17, 15) is 9.59 Å². The summed E-state index contributed by atoms with van der Waals surface area (Å²) in [6.07, 6.45) is 0.416. The highest BCUT2D eigenvalue weighted by molar-refractivity contribution is 7.99. The molecule has 0 fully saturated rings. The Morgan fingerprint density at radius 1 is 1.04 bits per heavy atom. The molecule has 1 amide bonds. The molecule has 1 heterocycles. The van der Waals surface area contributed by atoms with Gasteiger partial charge >= 0.3 is 0 Å². The van der Waals surface area contributed by atoms with Gasteiger partial charge in [0.1, 0.15) is 0 Å². The van der Waals surface area contributed by atoms with Crippen LogP contribution in [-0.4, -0.2) is 32.2 Å². The van der Waals surface area contributed by atoms with Crippen LogP contribution in [0.3, 0.4) is 0 Å². The van der Waals surface area contributed by atoms with Crippen LogP contribution in [0.25, 0.3) is 11.4 Å². The molecule has 1 aromatic heterocycles. The Bertz CT molecular complexity index is 979. The van der Waals surface area contributed by atoms with Gasteiger partial charge in [0.25, 0.3) is 0 Å². The number of ketones is 1. The predicted octanol–water partition coefficient (Wildman–Crippen LogP) is 4.11. The van der Waals surface area contributed by atoms with Gasteiger partial charge in [0.2, 0.25) is 5.91 Å². The van der Waals surface area contributed by atoms with E-state index in [-0.39, 0.29) is 17.4 Å². The average Bonchev–Trinajstić information content (AvgIpc) is 3.07. The largest absolute Gasteiger partial charge is 0.326 e. The summed E-state index contributed by atoms with van der Waals surface area (Å²) in [5.74, 6) is 0.978. The Kier molecular flexibility index (Phi) is 6.26. The van der Waals surface area contributed by atoms with E-state index < -0.39 is 0 Å². The minimum atomic E-state index is -0.0544. The van der Waals surface area contributed by atoms with Crippen LogP contribution in [0.1, 0.15) is 29.3 Å². The maximum atomic E-state index is 12.5. The van der Waals surface area contributed by atoms with E-state index in [1.165, 1.54) is 17.3 Å². The minimum Gasteiger partial charge on any atom is -0.326 e. The third kappa shape index (κ3) is 4.67. The normalized spacial score (nSPS) is 10.7. The van der Waals surface area contributed by atoms with Gasteiger partial charge in [-0.2, -0.15) is 0 Å². The number of aromatic nitrogens is 3. The van der Waals surface area contributed by atoms with Gasteiger partial charge in [0.05, 0.1) is 5.75 Å². The molecular weight excluding hydrogens is 372 g/mol. The number of nitrogens with zero attached hydrogens (tertiary/aromatic N) is 3. The zero-order valence-corrected chi connectivity index (χ0v) is 16.9. The van der Waals surface area contributed by atoms with Crippen LogP contribution in [0.4, 0.5) is 5.69 Å². The number of hydrogen-bond acceptors (Lipinski definition) is 5. The summed E-state index contributed by atoms with van der Waals surface area (Å²) in [4.78, 5) is 23.9. The van der Waals surface area contributed by atoms with E-state index in [1.54, 1.807) is 31.2 Å². The first-order valence-corrected chi connectivity index (χ1v) is 9.99. The highest BCUT2D eigenvalue weighted by Crippen LogP contribution is 2.23. The maximum absolute atomic E-state index is 12.5. The molecule has 2 aromatic carbocycles. The fraction of sp³-hybridized carbons (Fsp3) is 0.238. The predicted molar refractivity (Wildman–Crippen MR) is 112 cm³/mol. The molecule has 0 saturated heterocycles. The van der Waals surface area contributed by atoms with Gasteiger partial charge in [0.15, 0.2) is 16.8 Å². The van der Waals surface area contributed by atoms with Crippen LogP contribution in [0.2, 0.25) is 0 Å². The lowest BCUT2D eigenvalue weighted by Crippen LogP contribution is -2.10. The van der Waals surface area contributed by atoms with Crippen molar-refractivity contribution in [2.45, 2.75) is 25.4 Å². The Balaban J connectivity index is 1.63. The summed E-state index contributed by atoms with van der Waals surface area (Å²) >= 11 is 1.36. The lowest BCUT2D eigenvalue weighted by atomic mass is 10.1. The van der Waals surface area contributed by atoms with Crippen molar-refractivity contribution in [1.29, 1.82) is 0 Å². The monoisotopic (exact) mass is 394 g/mol. The average molecular weight is 395 g/mol. The fourth-order valence-corrected chi connectivity index (χ4v) is 3.40. The Morgan fingerprint density at radius 2 is 1.71 bits per heavy atom. The fourth-order valence-electron chi connectivity index (χ4n) is 2.60. The number of benzene rings is 2. The molecule has 3 rings (SSSR count). The van der Waals surface area contributed by atoms with E-state index >= 15 is 0 Å². The molecule has 0 aliphatic rings. The van der Waals surface area contributed by atoms with Crippen molar-refractivity contribution < 1.29 is 9.59 Å². The second kappa shape index (κ2) is 8.84. The maximum Gasteiger partial charge on any atom is 0.224 e. The third-order valence-corrected chi connectivity index (χ3v) is 5.31. The molecule has 0 saturated carbocycles. The molecule has 0 spiro atoms. The molecule has 0 unspecified atom stereocenters. The number of thioether (sulfide) groups is 1. The topological polar surface area (TPSA) is 76.9 Å². The standard InChI is InChI=1S/C21H22N4O2S/c1-4-19(27)22-17-11-9-15(10-12-17)18(26)13-28-21-24-23-20(25(21)3)16-7-5-14(2)6-8-16/h5-12H,4,13H2,1-3H3,(H,22,27). The van der Waals surface area contributed by atoms with Gasteiger partial charge in [-0.05, 0) is 31.2 Å². The minimum absolute atomic E-state index is 0.00162. The van der Waals surface area contributed by atoms with Crippen LogP contribution in [0.15, 0.2) is 53.7 Å². The van der Waals surface area contributed by atoms with E-state index in [1.807, 2.05) is 42.8 Å². The Morgan fingerprint density at radius 3 is 2.36 bits per heavy atom. The van der Waals surface area contributed by atoms with E-state index in [2.05, 4.69) is 15.5 Å². The summed E-state index contributed by atoms with van der Waals surface area (Å²) < 4.78 is 1.89. The zero-order chi connectivity index (χ0) is 20.1. The van der Waals surface area contributed by atoms with Gasteiger partial charge in [-0.1, -0.05) is 48.5 Å². The van der Waals surface area contributed by atoms with Crippen LogP contribution in [0, 0.1) is 6.92 Å². The van der Waals surface area contributed by atoms with E-state index in [0.717, 1.165) is 11.4 Å². The second-order valence-corrected chi connectivity index (χ2v) is 7.36. The van der Waals surface area contributed by atoms with Crippen molar-refractivity contribution in [3.8, 4) is 11.4 Å². The van der Waals surface area contributed by atoms with Crippen LogP contribution < -0.4 is 5.32 Å². The molecule has 28 heavy (non-hydrogen) atoms. The zero-order valence-electron chi connectivity index (χ0n) is 16.1. The Hall–Kier alpha value is -2.93. The highest BCUT2D eigenvalue weighted by atomic mass is 32.2. The SMILES string of the molecule is CCC(=O)Nc1ccc(C(=O)CSc2nnc(-c3ccc(C)cc3)n2C)cc1. The molecule has 144 valence electrons. The first kappa shape index (κ1) is 19.8. The van der Waals surface area contributed by atoms with Gasteiger partial charge in [-0.25, -0.2) is 0 Å². The summed E-state index contributed by atoms with van der Waals surface area (Å²) in [5, 5.41) is 11.9. The van der Waals surface area contributed by atoms with Crippen molar-refractivity contribution in [1.82, 2.24) is 14.8 Å². The number of nitrogens with one attached hydrogen (secondary N) is 1. The molecule has 0 radical (unpaired) electrons. The van der Waals surface area contributed by atoms with Crippen molar-refractivity contribution in [2.24, 2.45) is 7.05 Å².